The van der Waals surface area contributed by atoms with Gasteiger partial charge in [-0.25, -0.2) is 0 Å². The molecule has 0 N–H and O–H groups in total. The zero-order valence-electron chi connectivity index (χ0n) is 7.01. The Hall–Kier alpha value is -1.49. The van der Waals surface area contributed by atoms with Crippen LogP contribution in [0.4, 0.5) is 3.89 Å². The second-order valence-electron chi connectivity index (χ2n) is 2.82. The van der Waals surface area contributed by atoms with Crippen LogP contribution in [0.1, 0.15) is 0 Å². The molecular formula is C9H6FNO2S. The summed E-state index contributed by atoms with van der Waals surface area (Å²) in [5.41, 5.74) is 0. The van der Waals surface area contributed by atoms with Crippen LogP contribution < -0.4 is 0 Å². The molecule has 0 bridgehead atoms. The van der Waals surface area contributed by atoms with Crippen molar-refractivity contribution in [3.63, 3.8) is 0 Å². The lowest BCUT2D eigenvalue weighted by molar-refractivity contribution is 0.552. The van der Waals surface area contributed by atoms with Gasteiger partial charge in [-0.1, -0.05) is 6.07 Å². The molecule has 0 aliphatic rings. The minimum absolute atomic E-state index is 0.323. The maximum Gasteiger partial charge on any atom is 0.332 e. The lowest BCUT2D eigenvalue weighted by Crippen LogP contribution is -1.91. The van der Waals surface area contributed by atoms with Gasteiger partial charge in [-0.05, 0) is 23.6 Å². The van der Waals surface area contributed by atoms with E-state index >= 15 is 0 Å². The third kappa shape index (κ3) is 1.58. The van der Waals surface area contributed by atoms with E-state index in [1.807, 2.05) is 0 Å². The first kappa shape index (κ1) is 9.08. The topological polar surface area (TPSA) is 47.0 Å². The molecule has 0 atom stereocenters. The van der Waals surface area contributed by atoms with E-state index in [0.29, 0.717) is 5.39 Å². The van der Waals surface area contributed by atoms with Gasteiger partial charge in [0.25, 0.3) is 0 Å². The molecule has 0 spiro atoms. The predicted octanol–water partition coefficient (Wildman–Crippen LogP) is 1.89. The highest BCUT2D eigenvalue weighted by atomic mass is 32.3. The minimum atomic E-state index is -4.61. The minimum Gasteiger partial charge on any atom is -0.264 e. The Morgan fingerprint density at radius 3 is 2.64 bits per heavy atom. The molecule has 2 aromatic rings. The number of rotatable bonds is 1. The molecule has 0 saturated carbocycles. The summed E-state index contributed by atoms with van der Waals surface area (Å²) in [6.07, 6.45) is 3.11. The van der Waals surface area contributed by atoms with Crippen LogP contribution in [0, 0.1) is 0 Å². The monoisotopic (exact) mass is 211 g/mol. The summed E-state index contributed by atoms with van der Waals surface area (Å²) in [6, 6.07) is 5.66. The molecule has 5 heteroatoms. The molecule has 14 heavy (non-hydrogen) atoms. The van der Waals surface area contributed by atoms with Crippen molar-refractivity contribution < 1.29 is 12.3 Å². The van der Waals surface area contributed by atoms with Crippen LogP contribution in [0.2, 0.25) is 0 Å². The molecule has 0 fully saturated rings. The fraction of sp³-hybridized carbons (Fsp3) is 0. The summed E-state index contributed by atoms with van der Waals surface area (Å²) in [5.74, 6) is 0. The van der Waals surface area contributed by atoms with Crippen LogP contribution in [-0.2, 0) is 10.2 Å². The third-order valence-corrected chi connectivity index (χ3v) is 2.71. The van der Waals surface area contributed by atoms with Crippen molar-refractivity contribution in [3.05, 3.63) is 36.7 Å². The first-order chi connectivity index (χ1) is 6.57. The van der Waals surface area contributed by atoms with E-state index in [9.17, 15) is 12.3 Å². The normalized spacial score (nSPS) is 11.8. The zero-order chi connectivity index (χ0) is 10.2. The second kappa shape index (κ2) is 3.02. The molecule has 0 radical (unpaired) electrons. The van der Waals surface area contributed by atoms with E-state index in [1.54, 1.807) is 12.3 Å². The number of hydrogen-bond acceptors (Lipinski definition) is 3. The Bertz CT molecular complexity index is 580. The predicted molar refractivity (Wildman–Crippen MR) is 50.0 cm³/mol. The van der Waals surface area contributed by atoms with Crippen LogP contribution in [0.5, 0.6) is 0 Å². The highest BCUT2D eigenvalue weighted by Crippen LogP contribution is 2.19. The van der Waals surface area contributed by atoms with Crippen LogP contribution in [0.15, 0.2) is 41.6 Å². The molecule has 0 unspecified atom stereocenters. The van der Waals surface area contributed by atoms with Gasteiger partial charge in [-0.2, -0.15) is 8.42 Å². The van der Waals surface area contributed by atoms with Crippen molar-refractivity contribution in [1.82, 2.24) is 4.98 Å². The molecule has 1 aromatic heterocycles. The molecule has 1 aromatic carbocycles. The van der Waals surface area contributed by atoms with Crippen molar-refractivity contribution in [2.24, 2.45) is 0 Å². The van der Waals surface area contributed by atoms with Gasteiger partial charge in [-0.3, -0.25) is 4.98 Å². The molecule has 2 rings (SSSR count). The number of halogens is 1. The van der Waals surface area contributed by atoms with Crippen molar-refractivity contribution in [2.45, 2.75) is 4.90 Å². The number of nitrogens with zero attached hydrogens (tertiary/aromatic N) is 1. The molecule has 3 nitrogen and oxygen atoms in total. The summed E-state index contributed by atoms with van der Waals surface area (Å²) < 4.78 is 33.8. The van der Waals surface area contributed by atoms with Gasteiger partial charge in [0.05, 0.1) is 4.90 Å². The Balaban J connectivity index is 2.75. The summed E-state index contributed by atoms with van der Waals surface area (Å²) in [6.45, 7) is 0. The summed E-state index contributed by atoms with van der Waals surface area (Å²) in [7, 11) is -4.61. The number of hydrogen-bond donors (Lipinski definition) is 0. The zero-order valence-corrected chi connectivity index (χ0v) is 7.83. The molecule has 72 valence electrons. The molecule has 1 heterocycles. The number of benzene rings is 1. The highest BCUT2D eigenvalue weighted by Gasteiger charge is 2.11. The lowest BCUT2D eigenvalue weighted by Gasteiger charge is -1.98. The SMILES string of the molecule is O=S(=O)(F)c1ccc2cnccc2c1. The van der Waals surface area contributed by atoms with Gasteiger partial charge in [0.2, 0.25) is 0 Å². The fourth-order valence-corrected chi connectivity index (χ4v) is 1.71. The largest absolute Gasteiger partial charge is 0.332 e. The lowest BCUT2D eigenvalue weighted by atomic mass is 10.2. The van der Waals surface area contributed by atoms with Crippen LogP contribution in [0.3, 0.4) is 0 Å². The van der Waals surface area contributed by atoms with E-state index in [0.717, 1.165) is 5.39 Å². The number of fused-ring (bicyclic) bond motifs is 1. The molecular weight excluding hydrogens is 205 g/mol. The standard InChI is InChI=1S/C9H6FNO2S/c10-14(12,13)9-2-1-8-6-11-4-3-7(8)5-9/h1-6H. The van der Waals surface area contributed by atoms with E-state index in [2.05, 4.69) is 4.98 Å². The smallest absolute Gasteiger partial charge is 0.264 e. The van der Waals surface area contributed by atoms with Crippen molar-refractivity contribution in [2.75, 3.05) is 0 Å². The van der Waals surface area contributed by atoms with Crippen LogP contribution >= 0.6 is 0 Å². The average molecular weight is 211 g/mol. The number of aromatic nitrogens is 1. The summed E-state index contributed by atoms with van der Waals surface area (Å²) in [5, 5.41) is 1.43. The second-order valence-corrected chi connectivity index (χ2v) is 4.17. The maximum absolute atomic E-state index is 12.6. The maximum atomic E-state index is 12.6. The van der Waals surface area contributed by atoms with Crippen LogP contribution in [-0.4, -0.2) is 13.4 Å². The quantitative estimate of drug-likeness (QED) is 0.677. The molecule has 0 saturated heterocycles. The van der Waals surface area contributed by atoms with Gasteiger partial charge in [0.15, 0.2) is 0 Å². The van der Waals surface area contributed by atoms with Gasteiger partial charge >= 0.3 is 10.2 Å². The van der Waals surface area contributed by atoms with E-state index < -0.39 is 10.2 Å². The van der Waals surface area contributed by atoms with Crippen molar-refractivity contribution in [3.8, 4) is 0 Å². The van der Waals surface area contributed by atoms with Gasteiger partial charge in [-0.15, -0.1) is 3.89 Å². The first-order valence-corrected chi connectivity index (χ1v) is 5.24. The van der Waals surface area contributed by atoms with E-state index in [1.165, 1.54) is 24.4 Å². The van der Waals surface area contributed by atoms with Crippen molar-refractivity contribution >= 4 is 21.0 Å². The Labute approximate surface area is 80.4 Å². The Kier molecular flexibility index (Phi) is 1.96. The molecule has 0 aliphatic heterocycles. The molecule has 0 aliphatic carbocycles. The Morgan fingerprint density at radius 1 is 1.14 bits per heavy atom. The highest BCUT2D eigenvalue weighted by molar-refractivity contribution is 7.86. The Morgan fingerprint density at radius 2 is 1.93 bits per heavy atom. The summed E-state index contributed by atoms with van der Waals surface area (Å²) >= 11 is 0. The third-order valence-electron chi connectivity index (χ3n) is 1.89. The van der Waals surface area contributed by atoms with Gasteiger partial charge in [0.1, 0.15) is 0 Å². The van der Waals surface area contributed by atoms with Gasteiger partial charge < -0.3 is 0 Å². The molecule has 0 amide bonds. The first-order valence-electron chi connectivity index (χ1n) is 3.86. The van der Waals surface area contributed by atoms with E-state index in [4.69, 9.17) is 0 Å². The summed E-state index contributed by atoms with van der Waals surface area (Å²) in [4.78, 5) is 3.54. The van der Waals surface area contributed by atoms with Crippen LogP contribution in [0.25, 0.3) is 10.8 Å². The van der Waals surface area contributed by atoms with E-state index in [-0.39, 0.29) is 4.90 Å². The van der Waals surface area contributed by atoms with Gasteiger partial charge in [0, 0.05) is 17.8 Å². The average Bonchev–Trinajstić information content (AvgIpc) is 2.16. The van der Waals surface area contributed by atoms with Crippen molar-refractivity contribution in [1.29, 1.82) is 0 Å². The number of pyridine rings is 1. The fourth-order valence-electron chi connectivity index (χ4n) is 1.21.